The normalized spacial score (nSPS) is 12.2. The fourth-order valence-electron chi connectivity index (χ4n) is 3.71. The first-order valence-corrected chi connectivity index (χ1v) is 13.1. The Hall–Kier alpha value is -0.610. The van der Waals surface area contributed by atoms with Crippen LogP contribution in [0.2, 0.25) is 0 Å². The SMILES string of the molecule is CCCCCCCCCCCCCCCCCCCCOCC(CO)OC(=O)CC. The largest absolute Gasteiger partial charge is 0.457 e. The second-order valence-electron chi connectivity index (χ2n) is 8.73. The maximum atomic E-state index is 11.2. The zero-order valence-electron chi connectivity index (χ0n) is 20.3. The van der Waals surface area contributed by atoms with Crippen molar-refractivity contribution in [1.82, 2.24) is 0 Å². The van der Waals surface area contributed by atoms with Crippen molar-refractivity contribution in [2.24, 2.45) is 0 Å². The summed E-state index contributed by atoms with van der Waals surface area (Å²) >= 11 is 0. The molecule has 0 radical (unpaired) electrons. The molecule has 0 saturated carbocycles. The maximum absolute atomic E-state index is 11.2. The van der Waals surface area contributed by atoms with E-state index < -0.39 is 6.10 Å². The van der Waals surface area contributed by atoms with Crippen molar-refractivity contribution in [2.45, 2.75) is 142 Å². The summed E-state index contributed by atoms with van der Waals surface area (Å²) in [5.74, 6) is -0.286. The van der Waals surface area contributed by atoms with Crippen LogP contribution in [0.3, 0.4) is 0 Å². The average Bonchev–Trinajstić information content (AvgIpc) is 2.76. The molecule has 1 unspecified atom stereocenters. The molecule has 0 aliphatic heterocycles. The van der Waals surface area contributed by atoms with Crippen molar-refractivity contribution in [3.05, 3.63) is 0 Å². The molecule has 30 heavy (non-hydrogen) atoms. The molecule has 4 heteroatoms. The van der Waals surface area contributed by atoms with Crippen molar-refractivity contribution in [3.63, 3.8) is 0 Å². The van der Waals surface area contributed by atoms with Crippen molar-refractivity contribution in [3.8, 4) is 0 Å². The van der Waals surface area contributed by atoms with Gasteiger partial charge in [0.25, 0.3) is 0 Å². The first-order chi connectivity index (χ1) is 14.7. The van der Waals surface area contributed by atoms with Crippen LogP contribution in [0, 0.1) is 0 Å². The van der Waals surface area contributed by atoms with E-state index in [9.17, 15) is 9.90 Å². The Morgan fingerprint density at radius 2 is 1.07 bits per heavy atom. The third-order valence-corrected chi connectivity index (χ3v) is 5.74. The lowest BCUT2D eigenvalue weighted by Gasteiger charge is -2.15. The van der Waals surface area contributed by atoms with Gasteiger partial charge in [-0.1, -0.05) is 123 Å². The minimum atomic E-state index is -0.520. The highest BCUT2D eigenvalue weighted by molar-refractivity contribution is 5.69. The Balaban J connectivity index is 3.17. The Bertz CT molecular complexity index is 346. The predicted octanol–water partition coefficient (Wildman–Crippen LogP) is 7.36. The molecule has 0 bridgehead atoms. The number of carbonyl (C=O) groups is 1. The molecule has 0 fully saturated rings. The molecule has 0 aliphatic rings. The number of aliphatic hydroxyl groups is 1. The fourth-order valence-corrected chi connectivity index (χ4v) is 3.71. The lowest BCUT2D eigenvalue weighted by molar-refractivity contribution is -0.154. The van der Waals surface area contributed by atoms with Crippen LogP contribution < -0.4 is 0 Å². The lowest BCUT2D eigenvalue weighted by atomic mass is 10.0. The number of hydrogen-bond donors (Lipinski definition) is 1. The van der Waals surface area contributed by atoms with Crippen molar-refractivity contribution in [2.75, 3.05) is 19.8 Å². The highest BCUT2D eigenvalue weighted by Gasteiger charge is 2.12. The van der Waals surface area contributed by atoms with Crippen LogP contribution in [0.4, 0.5) is 0 Å². The third kappa shape index (κ3) is 22.1. The van der Waals surface area contributed by atoms with Crippen LogP contribution in [0.15, 0.2) is 0 Å². The molecule has 0 heterocycles. The monoisotopic (exact) mass is 428 g/mol. The summed E-state index contributed by atoms with van der Waals surface area (Å²) in [6.07, 6.45) is 24.5. The molecule has 0 aromatic heterocycles. The van der Waals surface area contributed by atoms with Gasteiger partial charge in [-0.2, -0.15) is 0 Å². The summed E-state index contributed by atoms with van der Waals surface area (Å²) < 4.78 is 10.6. The van der Waals surface area contributed by atoms with Gasteiger partial charge in [0.1, 0.15) is 6.10 Å². The van der Waals surface area contributed by atoms with E-state index in [1.165, 1.54) is 109 Å². The van der Waals surface area contributed by atoms with E-state index in [0.717, 1.165) is 6.42 Å². The molecule has 0 amide bonds. The Morgan fingerprint density at radius 1 is 0.667 bits per heavy atom. The Morgan fingerprint density at radius 3 is 1.43 bits per heavy atom. The minimum Gasteiger partial charge on any atom is -0.457 e. The van der Waals surface area contributed by atoms with E-state index in [4.69, 9.17) is 9.47 Å². The molecule has 1 N–H and O–H groups in total. The molecule has 4 nitrogen and oxygen atoms in total. The molecule has 0 saturated heterocycles. The van der Waals surface area contributed by atoms with Crippen LogP contribution >= 0.6 is 0 Å². The topological polar surface area (TPSA) is 55.8 Å². The van der Waals surface area contributed by atoms with E-state index in [1.807, 2.05) is 0 Å². The second-order valence-corrected chi connectivity index (χ2v) is 8.73. The predicted molar refractivity (Wildman–Crippen MR) is 127 cm³/mol. The van der Waals surface area contributed by atoms with Gasteiger partial charge in [-0.15, -0.1) is 0 Å². The molecule has 1 atom stereocenters. The maximum Gasteiger partial charge on any atom is 0.305 e. The van der Waals surface area contributed by atoms with E-state index in [2.05, 4.69) is 6.92 Å². The lowest BCUT2D eigenvalue weighted by Crippen LogP contribution is -2.27. The number of esters is 1. The Kier molecular flexibility index (Phi) is 24.2. The summed E-state index contributed by atoms with van der Waals surface area (Å²) in [6, 6.07) is 0. The highest BCUT2D eigenvalue weighted by atomic mass is 16.6. The van der Waals surface area contributed by atoms with Gasteiger partial charge in [0.15, 0.2) is 0 Å². The highest BCUT2D eigenvalue weighted by Crippen LogP contribution is 2.14. The smallest absolute Gasteiger partial charge is 0.305 e. The number of rotatable bonds is 24. The molecule has 0 aromatic rings. The van der Waals surface area contributed by atoms with Gasteiger partial charge in [0, 0.05) is 13.0 Å². The average molecular weight is 429 g/mol. The van der Waals surface area contributed by atoms with Crippen LogP contribution in [-0.4, -0.2) is 37.0 Å². The summed E-state index contributed by atoms with van der Waals surface area (Å²) in [4.78, 5) is 11.2. The van der Waals surface area contributed by atoms with E-state index in [1.54, 1.807) is 6.92 Å². The quantitative estimate of drug-likeness (QED) is 0.129. The zero-order chi connectivity index (χ0) is 22.1. The van der Waals surface area contributed by atoms with Gasteiger partial charge in [0.2, 0.25) is 0 Å². The van der Waals surface area contributed by atoms with Gasteiger partial charge in [0.05, 0.1) is 13.2 Å². The summed E-state index contributed by atoms with van der Waals surface area (Å²) in [5.41, 5.74) is 0. The third-order valence-electron chi connectivity index (χ3n) is 5.74. The molecular weight excluding hydrogens is 376 g/mol. The van der Waals surface area contributed by atoms with Crippen molar-refractivity contribution in [1.29, 1.82) is 0 Å². The summed E-state index contributed by atoms with van der Waals surface area (Å²) in [5, 5.41) is 9.17. The molecular formula is C26H52O4. The van der Waals surface area contributed by atoms with Crippen LogP contribution in [0.5, 0.6) is 0 Å². The van der Waals surface area contributed by atoms with Crippen LogP contribution in [0.1, 0.15) is 136 Å². The molecule has 180 valence electrons. The first kappa shape index (κ1) is 29.4. The van der Waals surface area contributed by atoms with Gasteiger partial charge in [-0.25, -0.2) is 0 Å². The molecule has 0 spiro atoms. The first-order valence-electron chi connectivity index (χ1n) is 13.1. The molecule has 0 aromatic carbocycles. The van der Waals surface area contributed by atoms with Crippen LogP contribution in [-0.2, 0) is 14.3 Å². The second kappa shape index (κ2) is 24.7. The molecule has 0 rings (SSSR count). The summed E-state index contributed by atoms with van der Waals surface area (Å²) in [6.45, 7) is 4.83. The fraction of sp³-hybridized carbons (Fsp3) is 0.962. The van der Waals surface area contributed by atoms with Gasteiger partial charge >= 0.3 is 5.97 Å². The van der Waals surface area contributed by atoms with Crippen molar-refractivity contribution < 1.29 is 19.4 Å². The number of aliphatic hydroxyl groups excluding tert-OH is 1. The van der Waals surface area contributed by atoms with E-state index >= 15 is 0 Å². The van der Waals surface area contributed by atoms with Gasteiger partial charge in [-0.05, 0) is 6.42 Å². The van der Waals surface area contributed by atoms with E-state index in [0.29, 0.717) is 19.6 Å². The van der Waals surface area contributed by atoms with Crippen molar-refractivity contribution >= 4 is 5.97 Å². The zero-order valence-corrected chi connectivity index (χ0v) is 20.3. The number of unbranched alkanes of at least 4 members (excludes halogenated alkanes) is 17. The Labute approximate surface area is 187 Å². The molecule has 0 aliphatic carbocycles. The number of ether oxygens (including phenoxy) is 2. The summed E-state index contributed by atoms with van der Waals surface area (Å²) in [7, 11) is 0. The number of hydrogen-bond acceptors (Lipinski definition) is 4. The number of carbonyl (C=O) groups excluding carboxylic acids is 1. The van der Waals surface area contributed by atoms with Gasteiger partial charge < -0.3 is 14.6 Å². The van der Waals surface area contributed by atoms with Crippen LogP contribution in [0.25, 0.3) is 0 Å². The minimum absolute atomic E-state index is 0.176. The van der Waals surface area contributed by atoms with Gasteiger partial charge in [-0.3, -0.25) is 4.79 Å². The standard InChI is InChI=1S/C26H52O4/c1-3-5-6-7-8-9-10-11-12-13-14-15-16-17-18-19-20-21-22-29-24-25(23-27)30-26(28)4-2/h25,27H,3-24H2,1-2H3. The van der Waals surface area contributed by atoms with E-state index in [-0.39, 0.29) is 12.6 Å².